The van der Waals surface area contributed by atoms with Crippen molar-refractivity contribution >= 4 is 9.84 Å². The lowest BCUT2D eigenvalue weighted by Gasteiger charge is -2.30. The smallest absolute Gasteiger partial charge is 0.150 e. The summed E-state index contributed by atoms with van der Waals surface area (Å²) in [5.41, 5.74) is 0. The fraction of sp³-hybridized carbons (Fsp3) is 1.00. The quantitative estimate of drug-likeness (QED) is 0.667. The molecule has 0 bridgehead atoms. The Morgan fingerprint density at radius 1 is 1.28 bits per heavy atom. The fourth-order valence-corrected chi connectivity index (χ4v) is 3.37. The third-order valence-electron chi connectivity index (χ3n) is 3.97. The normalized spacial score (nSPS) is 18.6. The van der Waals surface area contributed by atoms with Crippen LogP contribution in [0, 0.1) is 5.92 Å². The van der Waals surface area contributed by atoms with Crippen LogP contribution in [0.1, 0.15) is 58.8 Å². The Labute approximate surface area is 113 Å². The van der Waals surface area contributed by atoms with Gasteiger partial charge in [-0.1, -0.05) is 33.1 Å². The second-order valence-electron chi connectivity index (χ2n) is 5.56. The second-order valence-corrected chi connectivity index (χ2v) is 8.04. The summed E-state index contributed by atoms with van der Waals surface area (Å²) in [7, 11) is -2.78. The molecule has 1 atom stereocenters. The van der Waals surface area contributed by atoms with E-state index in [9.17, 15) is 8.42 Å². The summed E-state index contributed by atoms with van der Waals surface area (Å²) in [6.45, 7) is 4.96. The Kier molecular flexibility index (Phi) is 7.23. The Morgan fingerprint density at radius 2 is 2.00 bits per heavy atom. The van der Waals surface area contributed by atoms with Crippen LogP contribution in [0.15, 0.2) is 0 Å². The monoisotopic (exact) mass is 275 g/mol. The molecule has 0 aromatic carbocycles. The van der Waals surface area contributed by atoms with Crippen LogP contribution in [0.2, 0.25) is 0 Å². The second kappa shape index (κ2) is 8.16. The molecule has 0 amide bonds. The van der Waals surface area contributed by atoms with Gasteiger partial charge in [0.25, 0.3) is 0 Å². The third-order valence-corrected chi connectivity index (χ3v) is 5.76. The van der Waals surface area contributed by atoms with Crippen molar-refractivity contribution in [2.75, 3.05) is 18.1 Å². The predicted molar refractivity (Wildman–Crippen MR) is 77.6 cm³/mol. The lowest BCUT2D eigenvalue weighted by molar-refractivity contribution is 0.253. The summed E-state index contributed by atoms with van der Waals surface area (Å²) >= 11 is 0. The van der Waals surface area contributed by atoms with Gasteiger partial charge in [-0.05, 0) is 38.1 Å². The molecular formula is C14H29NO2S. The summed E-state index contributed by atoms with van der Waals surface area (Å²) in [6, 6.07) is 0.530. The molecule has 0 aromatic heterocycles. The predicted octanol–water partition coefficient (Wildman–Crippen LogP) is 2.76. The van der Waals surface area contributed by atoms with Crippen molar-refractivity contribution in [1.29, 1.82) is 0 Å². The van der Waals surface area contributed by atoms with Crippen LogP contribution in [-0.2, 0) is 9.84 Å². The van der Waals surface area contributed by atoms with Crippen molar-refractivity contribution in [3.8, 4) is 0 Å². The van der Waals surface area contributed by atoms with Crippen molar-refractivity contribution < 1.29 is 8.42 Å². The molecule has 1 unspecified atom stereocenters. The summed E-state index contributed by atoms with van der Waals surface area (Å²) in [6.07, 6.45) is 8.34. The minimum absolute atomic E-state index is 0.280. The van der Waals surface area contributed by atoms with Crippen molar-refractivity contribution in [2.45, 2.75) is 64.8 Å². The van der Waals surface area contributed by atoms with Crippen LogP contribution in [0.5, 0.6) is 0 Å². The van der Waals surface area contributed by atoms with Gasteiger partial charge in [0, 0.05) is 11.8 Å². The van der Waals surface area contributed by atoms with Gasteiger partial charge in [-0.15, -0.1) is 0 Å². The van der Waals surface area contributed by atoms with Crippen LogP contribution in [0.25, 0.3) is 0 Å². The lowest BCUT2D eigenvalue weighted by atomic mass is 9.80. The van der Waals surface area contributed by atoms with Gasteiger partial charge < -0.3 is 5.32 Å². The first-order valence-corrected chi connectivity index (χ1v) is 9.33. The number of rotatable bonds is 10. The molecule has 1 aliphatic carbocycles. The van der Waals surface area contributed by atoms with Crippen LogP contribution in [0.3, 0.4) is 0 Å². The van der Waals surface area contributed by atoms with Gasteiger partial charge in [0.1, 0.15) is 9.84 Å². The highest BCUT2D eigenvalue weighted by molar-refractivity contribution is 7.91. The van der Waals surface area contributed by atoms with E-state index >= 15 is 0 Å². The number of hydrogen-bond donors (Lipinski definition) is 1. The first-order valence-electron chi connectivity index (χ1n) is 7.51. The molecule has 1 N–H and O–H groups in total. The molecule has 1 fully saturated rings. The molecule has 3 nitrogen and oxygen atoms in total. The largest absolute Gasteiger partial charge is 0.314 e. The van der Waals surface area contributed by atoms with E-state index in [-0.39, 0.29) is 5.75 Å². The Hall–Kier alpha value is -0.0900. The van der Waals surface area contributed by atoms with Crippen molar-refractivity contribution in [2.24, 2.45) is 5.92 Å². The summed E-state index contributed by atoms with van der Waals surface area (Å²) in [5, 5.41) is 3.58. The van der Waals surface area contributed by atoms with Gasteiger partial charge in [0.05, 0.1) is 5.75 Å². The molecule has 0 saturated heterocycles. The molecular weight excluding hydrogens is 246 g/mol. The van der Waals surface area contributed by atoms with Crippen molar-refractivity contribution in [1.82, 2.24) is 5.32 Å². The Balaban J connectivity index is 2.26. The molecule has 1 rings (SSSR count). The zero-order valence-electron chi connectivity index (χ0n) is 12.0. The van der Waals surface area contributed by atoms with E-state index in [1.165, 1.54) is 25.7 Å². The minimum Gasteiger partial charge on any atom is -0.314 e. The van der Waals surface area contributed by atoms with Crippen LogP contribution in [0.4, 0.5) is 0 Å². The minimum atomic E-state index is -2.78. The molecule has 0 spiro atoms. The molecule has 1 saturated carbocycles. The van der Waals surface area contributed by atoms with E-state index in [0.29, 0.717) is 11.8 Å². The number of sulfone groups is 1. The molecule has 0 aliphatic heterocycles. The highest BCUT2D eigenvalue weighted by Crippen LogP contribution is 2.31. The summed E-state index contributed by atoms with van der Waals surface area (Å²) in [5.74, 6) is 1.53. The van der Waals surface area contributed by atoms with Gasteiger partial charge in [-0.25, -0.2) is 8.42 Å². The molecule has 0 radical (unpaired) electrons. The van der Waals surface area contributed by atoms with Gasteiger partial charge in [0.2, 0.25) is 0 Å². The highest BCUT2D eigenvalue weighted by Gasteiger charge is 2.22. The van der Waals surface area contributed by atoms with E-state index < -0.39 is 9.84 Å². The van der Waals surface area contributed by atoms with E-state index in [0.717, 1.165) is 31.7 Å². The van der Waals surface area contributed by atoms with Crippen molar-refractivity contribution in [3.63, 3.8) is 0 Å². The maximum absolute atomic E-state index is 11.5. The van der Waals surface area contributed by atoms with E-state index in [1.807, 2.05) is 0 Å². The first-order chi connectivity index (χ1) is 8.57. The van der Waals surface area contributed by atoms with Gasteiger partial charge in [-0.2, -0.15) is 0 Å². The van der Waals surface area contributed by atoms with E-state index in [2.05, 4.69) is 12.2 Å². The molecule has 18 heavy (non-hydrogen) atoms. The third kappa shape index (κ3) is 6.19. The van der Waals surface area contributed by atoms with Crippen LogP contribution < -0.4 is 5.32 Å². The number of nitrogens with one attached hydrogen (secondary N) is 1. The SMILES string of the molecule is CCCNC(CCCS(=O)(=O)CC)CC1CCC1. The van der Waals surface area contributed by atoms with Gasteiger partial charge in [0.15, 0.2) is 0 Å². The fourth-order valence-electron chi connectivity index (χ4n) is 2.48. The Morgan fingerprint density at radius 3 is 2.50 bits per heavy atom. The average Bonchev–Trinajstić information content (AvgIpc) is 2.29. The molecule has 4 heteroatoms. The molecule has 108 valence electrons. The molecule has 0 aromatic rings. The first kappa shape index (κ1) is 16.0. The molecule has 0 heterocycles. The topological polar surface area (TPSA) is 46.2 Å². The number of hydrogen-bond acceptors (Lipinski definition) is 3. The van der Waals surface area contributed by atoms with E-state index in [1.54, 1.807) is 6.92 Å². The molecule has 1 aliphatic rings. The van der Waals surface area contributed by atoms with Crippen molar-refractivity contribution in [3.05, 3.63) is 0 Å². The van der Waals surface area contributed by atoms with Gasteiger partial charge >= 0.3 is 0 Å². The van der Waals surface area contributed by atoms with E-state index in [4.69, 9.17) is 0 Å². The van der Waals surface area contributed by atoms with Gasteiger partial charge in [-0.3, -0.25) is 0 Å². The van der Waals surface area contributed by atoms with Crippen LogP contribution >= 0.6 is 0 Å². The maximum Gasteiger partial charge on any atom is 0.150 e. The Bertz CT molecular complexity index is 310. The average molecular weight is 275 g/mol. The highest BCUT2D eigenvalue weighted by atomic mass is 32.2. The maximum atomic E-state index is 11.5. The van der Waals surface area contributed by atoms with Crippen LogP contribution in [-0.4, -0.2) is 32.5 Å². The zero-order valence-corrected chi connectivity index (χ0v) is 12.8. The lowest BCUT2D eigenvalue weighted by Crippen LogP contribution is -2.33. The standard InChI is InChI=1S/C14H29NO2S/c1-3-10-15-14(12-13-7-5-8-13)9-6-11-18(16,17)4-2/h13-15H,3-12H2,1-2H3. The zero-order chi connectivity index (χ0) is 13.4. The summed E-state index contributed by atoms with van der Waals surface area (Å²) < 4.78 is 22.9. The summed E-state index contributed by atoms with van der Waals surface area (Å²) in [4.78, 5) is 0.